The number of nitrogens with zero attached hydrogens (tertiary/aromatic N) is 3. The molecule has 0 saturated heterocycles. The molecule has 13 heteroatoms. The number of nitrogens with one attached hydrogen (secondary N) is 1. The van der Waals surface area contributed by atoms with E-state index in [1.165, 1.54) is 24.5 Å². The molecule has 1 fully saturated rings. The van der Waals surface area contributed by atoms with Crippen molar-refractivity contribution in [3.8, 4) is 6.07 Å². The Kier molecular flexibility index (Phi) is 5.96. The van der Waals surface area contributed by atoms with Gasteiger partial charge < -0.3 is 0 Å². The van der Waals surface area contributed by atoms with Crippen molar-refractivity contribution in [3.63, 3.8) is 0 Å². The highest BCUT2D eigenvalue weighted by Crippen LogP contribution is 2.54. The van der Waals surface area contributed by atoms with Gasteiger partial charge in [-0.05, 0) is 31.9 Å². The lowest BCUT2D eigenvalue weighted by molar-refractivity contribution is -0.0827. The van der Waals surface area contributed by atoms with Crippen molar-refractivity contribution in [2.45, 2.75) is 36.4 Å². The minimum Gasteiger partial charge on any atom is -0.267 e. The maximum atomic E-state index is 12.9. The van der Waals surface area contributed by atoms with E-state index >= 15 is 0 Å². The number of carbonyl (C=O) groups is 1. The largest absolute Gasteiger partial charge is 0.511 e. The molecule has 0 bridgehead atoms. The van der Waals surface area contributed by atoms with Gasteiger partial charge in [0, 0.05) is 19.4 Å². The number of hydrogen-bond acceptors (Lipinski definition) is 6. The zero-order chi connectivity index (χ0) is 21.4. The Morgan fingerprint density at radius 2 is 2.11 bits per heavy atom. The molecule has 2 atom stereocenters. The van der Waals surface area contributed by atoms with Gasteiger partial charge in [0.15, 0.2) is 0 Å². The number of rotatable bonds is 7. The summed E-state index contributed by atoms with van der Waals surface area (Å²) >= 11 is 6.18. The number of aromatic nitrogens is 1. The van der Waals surface area contributed by atoms with Crippen LogP contribution >= 0.6 is 11.6 Å². The lowest BCUT2D eigenvalue weighted by Gasteiger charge is -2.40. The van der Waals surface area contributed by atoms with Crippen LogP contribution in [0.25, 0.3) is 0 Å². The van der Waals surface area contributed by atoms with E-state index in [4.69, 9.17) is 16.4 Å². The van der Waals surface area contributed by atoms with Gasteiger partial charge in [-0.2, -0.15) is 22.7 Å². The van der Waals surface area contributed by atoms with Crippen molar-refractivity contribution in [3.05, 3.63) is 30.1 Å². The molecule has 1 amide bonds. The fraction of sp³-hybridized carbons (Fsp3) is 0.533. The van der Waals surface area contributed by atoms with Gasteiger partial charge in [-0.1, -0.05) is 11.6 Å². The Bertz CT molecular complexity index is 883. The lowest BCUT2D eigenvalue weighted by Crippen LogP contribution is -2.59. The highest BCUT2D eigenvalue weighted by atomic mass is 35.5. The molecule has 1 unspecified atom stereocenters. The van der Waals surface area contributed by atoms with Gasteiger partial charge in [-0.15, -0.1) is 0 Å². The van der Waals surface area contributed by atoms with E-state index in [0.717, 1.165) is 6.92 Å². The summed E-state index contributed by atoms with van der Waals surface area (Å²) in [5.41, 5.74) is -4.87. The number of hydroxylamine groups is 1. The average Bonchev–Trinajstić information content (AvgIpc) is 3.41. The van der Waals surface area contributed by atoms with Crippen molar-refractivity contribution >= 4 is 27.5 Å². The zero-order valence-electron chi connectivity index (χ0n) is 14.7. The van der Waals surface area contributed by atoms with Crippen molar-refractivity contribution in [1.82, 2.24) is 14.8 Å². The molecule has 1 aliphatic rings. The SMILES string of the molecule is CN([C@@](C)(Cl)C(ONC(=O)c1cccnc1)C1(C#N)CC1)S(=O)(=O)C(F)(F)F. The van der Waals surface area contributed by atoms with Gasteiger partial charge in [0.1, 0.15) is 11.1 Å². The van der Waals surface area contributed by atoms with Crippen LogP contribution in [-0.4, -0.2) is 47.3 Å². The second-order valence-electron chi connectivity index (χ2n) is 6.38. The van der Waals surface area contributed by atoms with E-state index in [-0.39, 0.29) is 22.7 Å². The van der Waals surface area contributed by atoms with Crippen LogP contribution in [0.2, 0.25) is 0 Å². The van der Waals surface area contributed by atoms with Gasteiger partial charge in [0.05, 0.1) is 17.0 Å². The molecule has 0 aromatic carbocycles. The minimum absolute atomic E-state index is 0.0793. The molecule has 8 nitrogen and oxygen atoms in total. The van der Waals surface area contributed by atoms with Crippen LogP contribution in [0.3, 0.4) is 0 Å². The van der Waals surface area contributed by atoms with Crippen LogP contribution in [0.15, 0.2) is 24.5 Å². The van der Waals surface area contributed by atoms with Crippen molar-refractivity contribution in [1.29, 1.82) is 5.26 Å². The van der Waals surface area contributed by atoms with Crippen LogP contribution in [0, 0.1) is 16.7 Å². The normalized spacial score (nSPS) is 19.4. The number of hydrogen-bond donors (Lipinski definition) is 1. The summed E-state index contributed by atoms with van der Waals surface area (Å²) in [5.74, 6) is -0.791. The van der Waals surface area contributed by atoms with E-state index in [1.807, 2.05) is 11.5 Å². The molecular formula is C15H16ClF3N4O4S. The van der Waals surface area contributed by atoms with Gasteiger partial charge >= 0.3 is 15.5 Å². The number of pyridine rings is 1. The number of halogens is 4. The van der Waals surface area contributed by atoms with Crippen LogP contribution < -0.4 is 5.48 Å². The van der Waals surface area contributed by atoms with Crippen LogP contribution in [0.5, 0.6) is 0 Å². The summed E-state index contributed by atoms with van der Waals surface area (Å²) in [6.45, 7) is 0.968. The first-order chi connectivity index (χ1) is 12.8. The highest BCUT2D eigenvalue weighted by Gasteiger charge is 2.63. The fourth-order valence-electron chi connectivity index (χ4n) is 2.52. The average molecular weight is 441 g/mol. The topological polar surface area (TPSA) is 112 Å². The first kappa shape index (κ1) is 22.4. The highest BCUT2D eigenvalue weighted by molar-refractivity contribution is 7.90. The summed E-state index contributed by atoms with van der Waals surface area (Å²) in [7, 11) is -5.19. The summed E-state index contributed by atoms with van der Waals surface area (Å²) in [5, 5.41) is 9.42. The maximum Gasteiger partial charge on any atom is 0.511 e. The first-order valence-electron chi connectivity index (χ1n) is 7.81. The molecule has 0 radical (unpaired) electrons. The standard InChI is InChI=1S/C15H16ClF3N4O4S/c1-13(16,23(2)28(25,26)15(17,18)19)12(14(9-20)5-6-14)27-22-11(24)10-4-3-7-21-8-10/h3-4,7-8,12H,5-6H2,1-2H3,(H,22,24)/t12?,13-/m1/s1. The van der Waals surface area contributed by atoms with Crippen LogP contribution in [0.1, 0.15) is 30.1 Å². The monoisotopic (exact) mass is 440 g/mol. The number of sulfonamides is 1. The maximum absolute atomic E-state index is 12.9. The van der Waals surface area contributed by atoms with E-state index in [0.29, 0.717) is 7.05 Å². The number of likely N-dealkylation sites (N-methyl/N-ethyl adjacent to an activating group) is 1. The third-order valence-corrected chi connectivity index (χ3v) is 6.69. The van der Waals surface area contributed by atoms with Crippen LogP contribution in [-0.2, 0) is 14.9 Å². The van der Waals surface area contributed by atoms with E-state index in [1.54, 1.807) is 0 Å². The predicted octanol–water partition coefficient (Wildman–Crippen LogP) is 2.15. The Hall–Kier alpha value is -1.94. The number of alkyl halides is 4. The molecule has 0 aliphatic heterocycles. The molecule has 1 aromatic heterocycles. The Balaban J connectivity index is 2.31. The number of amides is 1. The van der Waals surface area contributed by atoms with Gasteiger partial charge in [-0.25, -0.2) is 13.9 Å². The van der Waals surface area contributed by atoms with Gasteiger partial charge in [0.2, 0.25) is 0 Å². The van der Waals surface area contributed by atoms with Crippen LogP contribution in [0.4, 0.5) is 13.2 Å². The zero-order valence-corrected chi connectivity index (χ0v) is 16.3. The molecule has 1 heterocycles. The summed E-state index contributed by atoms with van der Waals surface area (Å²) in [6.07, 6.45) is 1.46. The van der Waals surface area contributed by atoms with Crippen molar-refractivity contribution in [2.24, 2.45) is 5.41 Å². The third kappa shape index (κ3) is 4.07. The summed E-state index contributed by atoms with van der Waals surface area (Å²) in [4.78, 5) is 18.7. The third-order valence-electron chi connectivity index (χ3n) is 4.45. The molecule has 28 heavy (non-hydrogen) atoms. The molecule has 1 aromatic rings. The second kappa shape index (κ2) is 7.47. The van der Waals surface area contributed by atoms with Crippen molar-refractivity contribution in [2.75, 3.05) is 7.05 Å². The van der Waals surface area contributed by atoms with Gasteiger partial charge in [0.25, 0.3) is 5.91 Å². The minimum atomic E-state index is -5.82. The summed E-state index contributed by atoms with van der Waals surface area (Å²) < 4.78 is 62.3. The number of carbonyl (C=O) groups excluding carboxylic acids is 1. The van der Waals surface area contributed by atoms with Gasteiger partial charge in [-0.3, -0.25) is 14.6 Å². The van der Waals surface area contributed by atoms with E-state index in [2.05, 4.69) is 4.98 Å². The smallest absolute Gasteiger partial charge is 0.267 e. The lowest BCUT2D eigenvalue weighted by atomic mass is 9.95. The first-order valence-corrected chi connectivity index (χ1v) is 9.63. The van der Waals surface area contributed by atoms with Crippen molar-refractivity contribution < 1.29 is 31.2 Å². The Labute approximate surface area is 164 Å². The molecule has 1 N–H and O–H groups in total. The quantitative estimate of drug-likeness (QED) is 0.395. The second-order valence-corrected chi connectivity index (χ2v) is 9.11. The molecular weight excluding hydrogens is 425 g/mol. The number of nitriles is 1. The molecule has 1 aliphatic carbocycles. The van der Waals surface area contributed by atoms with E-state index in [9.17, 15) is 31.6 Å². The molecule has 0 spiro atoms. The fourth-order valence-corrected chi connectivity index (χ4v) is 3.92. The summed E-state index contributed by atoms with van der Waals surface area (Å²) in [6, 6.07) is 4.76. The molecule has 154 valence electrons. The molecule has 2 rings (SSSR count). The van der Waals surface area contributed by atoms with E-state index < -0.39 is 38.0 Å². The predicted molar refractivity (Wildman–Crippen MR) is 90.9 cm³/mol. The molecule has 1 saturated carbocycles. The Morgan fingerprint density at radius 3 is 2.54 bits per heavy atom. The Morgan fingerprint density at radius 1 is 1.50 bits per heavy atom.